The molecule has 0 spiro atoms. The van der Waals surface area contributed by atoms with E-state index in [9.17, 15) is 9.59 Å². The van der Waals surface area contributed by atoms with Crippen molar-refractivity contribution in [3.8, 4) is 11.3 Å². The average Bonchev–Trinajstić information content (AvgIpc) is 3.39. The zero-order valence-corrected chi connectivity index (χ0v) is 18.8. The number of thiazole rings is 1. The summed E-state index contributed by atoms with van der Waals surface area (Å²) in [6.45, 7) is 2.11. The molecule has 5 rings (SSSR count). The van der Waals surface area contributed by atoms with Crippen molar-refractivity contribution in [2.45, 2.75) is 32.2 Å². The molecule has 1 aliphatic heterocycles. The Hall–Kier alpha value is -2.51. The lowest BCUT2D eigenvalue weighted by Gasteiger charge is -2.22. The molecule has 1 N–H and O–H groups in total. The summed E-state index contributed by atoms with van der Waals surface area (Å²) in [7, 11) is 0. The van der Waals surface area contributed by atoms with Gasteiger partial charge in [-0.3, -0.25) is 14.9 Å². The van der Waals surface area contributed by atoms with Gasteiger partial charge in [0.1, 0.15) is 0 Å². The van der Waals surface area contributed by atoms with E-state index in [0.717, 1.165) is 40.7 Å². The molecule has 1 aromatic heterocycles. The van der Waals surface area contributed by atoms with Crippen LogP contribution < -0.4 is 10.2 Å². The molecule has 152 valence electrons. The third-order valence-electron chi connectivity index (χ3n) is 5.59. The first-order valence-corrected chi connectivity index (χ1v) is 11.7. The van der Waals surface area contributed by atoms with E-state index in [-0.39, 0.29) is 23.8 Å². The van der Waals surface area contributed by atoms with Crippen molar-refractivity contribution in [3.05, 3.63) is 63.4 Å². The number of carbonyl (C=O) groups is 2. The van der Waals surface area contributed by atoms with Crippen LogP contribution in [-0.4, -0.2) is 22.8 Å². The van der Waals surface area contributed by atoms with Gasteiger partial charge in [0.25, 0.3) is 5.91 Å². The summed E-state index contributed by atoms with van der Waals surface area (Å²) >= 11 is 4.78. The minimum atomic E-state index is -0.180. The van der Waals surface area contributed by atoms with E-state index < -0.39 is 0 Å². The fourth-order valence-corrected chi connectivity index (χ4v) is 4.87. The number of rotatable bonds is 4. The summed E-state index contributed by atoms with van der Waals surface area (Å²) in [5.74, 6) is 0.300. The second-order valence-corrected chi connectivity index (χ2v) is 9.65. The smallest absolute Gasteiger partial charge is 0.257 e. The Morgan fingerprint density at radius 2 is 1.93 bits per heavy atom. The summed E-state index contributed by atoms with van der Waals surface area (Å²) in [6.07, 6.45) is 2.89. The number of hydrogen-bond donors (Lipinski definition) is 1. The second-order valence-electron chi connectivity index (χ2n) is 7.88. The van der Waals surface area contributed by atoms with Crippen LogP contribution in [0.15, 0.2) is 52.3 Å². The Bertz CT molecular complexity index is 1140. The number of anilines is 2. The van der Waals surface area contributed by atoms with Crippen molar-refractivity contribution in [1.82, 2.24) is 4.98 Å². The molecule has 0 unspecified atom stereocenters. The van der Waals surface area contributed by atoms with Crippen molar-refractivity contribution in [2.75, 3.05) is 10.2 Å². The van der Waals surface area contributed by atoms with Crippen LogP contribution in [0.2, 0.25) is 0 Å². The highest BCUT2D eigenvalue weighted by molar-refractivity contribution is 9.10. The van der Waals surface area contributed by atoms with Crippen molar-refractivity contribution >= 4 is 49.9 Å². The molecule has 5 nitrogen and oxygen atoms in total. The molecule has 0 radical (unpaired) electrons. The highest BCUT2D eigenvalue weighted by Gasteiger charge is 2.39. The zero-order valence-electron chi connectivity index (χ0n) is 16.4. The van der Waals surface area contributed by atoms with Gasteiger partial charge >= 0.3 is 0 Å². The summed E-state index contributed by atoms with van der Waals surface area (Å²) < 4.78 is 0.930. The number of carbonyl (C=O) groups excluding carboxylic acids is 2. The lowest BCUT2D eigenvalue weighted by Crippen LogP contribution is -2.36. The molecular formula is C23H20BrN3O2S. The number of nitrogens with one attached hydrogen (secondary N) is 1. The van der Waals surface area contributed by atoms with Gasteiger partial charge in [0.05, 0.1) is 5.69 Å². The van der Waals surface area contributed by atoms with Crippen LogP contribution in [0, 0.1) is 5.92 Å². The van der Waals surface area contributed by atoms with E-state index in [1.807, 2.05) is 34.5 Å². The average molecular weight is 482 g/mol. The molecule has 1 atom stereocenters. The molecular weight excluding hydrogens is 462 g/mol. The molecule has 1 fully saturated rings. The van der Waals surface area contributed by atoms with Gasteiger partial charge in [-0.25, -0.2) is 4.98 Å². The van der Waals surface area contributed by atoms with E-state index >= 15 is 0 Å². The Morgan fingerprint density at radius 3 is 2.67 bits per heavy atom. The van der Waals surface area contributed by atoms with Crippen molar-refractivity contribution < 1.29 is 9.59 Å². The Balaban J connectivity index is 1.34. The molecule has 2 heterocycles. The van der Waals surface area contributed by atoms with Gasteiger partial charge < -0.3 is 4.90 Å². The minimum absolute atomic E-state index is 0.180. The summed E-state index contributed by atoms with van der Waals surface area (Å²) in [6, 6.07) is 13.6. The summed E-state index contributed by atoms with van der Waals surface area (Å²) in [4.78, 5) is 31.6. The van der Waals surface area contributed by atoms with Gasteiger partial charge in [0, 0.05) is 38.6 Å². The minimum Gasteiger partial charge on any atom is -0.309 e. The van der Waals surface area contributed by atoms with Gasteiger partial charge in [-0.2, -0.15) is 0 Å². The van der Waals surface area contributed by atoms with E-state index in [1.165, 1.54) is 16.9 Å². The quantitative estimate of drug-likeness (QED) is 0.533. The van der Waals surface area contributed by atoms with Gasteiger partial charge in [-0.05, 0) is 68.1 Å². The van der Waals surface area contributed by atoms with Crippen LogP contribution in [-0.2, 0) is 11.2 Å². The normalized spacial score (nSPS) is 17.7. The highest BCUT2D eigenvalue weighted by Crippen LogP contribution is 2.40. The van der Waals surface area contributed by atoms with E-state index in [2.05, 4.69) is 39.2 Å². The molecule has 7 heteroatoms. The lowest BCUT2D eigenvalue weighted by atomic mass is 10.1. The van der Waals surface area contributed by atoms with Crippen LogP contribution in [0.3, 0.4) is 0 Å². The maximum atomic E-state index is 12.6. The van der Waals surface area contributed by atoms with E-state index in [1.54, 1.807) is 12.1 Å². The van der Waals surface area contributed by atoms with Crippen LogP contribution >= 0.6 is 27.3 Å². The number of aromatic nitrogens is 1. The standard InChI is InChI=1S/C23H20BrN3O2S/c1-13-10-17-11-16(6-9-20(17)27(13)22(29)15-2-3-15)19-12-30-23(25-19)26-21(28)14-4-7-18(24)8-5-14/h4-9,11-13,15H,2-3,10H2,1H3,(H,25,26,28)/t13-/m1/s1. The van der Waals surface area contributed by atoms with Crippen LogP contribution in [0.25, 0.3) is 11.3 Å². The third-order valence-corrected chi connectivity index (χ3v) is 6.87. The molecule has 3 aromatic rings. The predicted molar refractivity (Wildman–Crippen MR) is 123 cm³/mol. The molecule has 1 saturated carbocycles. The highest BCUT2D eigenvalue weighted by atomic mass is 79.9. The summed E-state index contributed by atoms with van der Waals surface area (Å²) in [5, 5.41) is 5.38. The Morgan fingerprint density at radius 1 is 1.17 bits per heavy atom. The maximum absolute atomic E-state index is 12.6. The third kappa shape index (κ3) is 3.68. The predicted octanol–water partition coefficient (Wildman–Crippen LogP) is 5.51. The number of hydrogen-bond acceptors (Lipinski definition) is 4. The molecule has 0 bridgehead atoms. The first-order valence-electron chi connectivity index (χ1n) is 9.98. The number of fused-ring (bicyclic) bond motifs is 1. The number of nitrogens with zero attached hydrogens (tertiary/aromatic N) is 2. The fraction of sp³-hybridized carbons (Fsp3) is 0.261. The fourth-order valence-electron chi connectivity index (χ4n) is 3.89. The molecule has 0 saturated heterocycles. The monoisotopic (exact) mass is 481 g/mol. The van der Waals surface area contributed by atoms with Gasteiger partial charge in [0.2, 0.25) is 5.91 Å². The first kappa shape index (κ1) is 19.5. The lowest BCUT2D eigenvalue weighted by molar-refractivity contribution is -0.120. The Labute approximate surface area is 187 Å². The largest absolute Gasteiger partial charge is 0.309 e. The number of benzene rings is 2. The molecule has 2 amide bonds. The Kier molecular flexibility index (Phi) is 4.95. The van der Waals surface area contributed by atoms with E-state index in [4.69, 9.17) is 0 Å². The van der Waals surface area contributed by atoms with Gasteiger partial charge in [-0.15, -0.1) is 11.3 Å². The van der Waals surface area contributed by atoms with Gasteiger partial charge in [0.15, 0.2) is 5.13 Å². The van der Waals surface area contributed by atoms with Crippen molar-refractivity contribution in [3.63, 3.8) is 0 Å². The van der Waals surface area contributed by atoms with Gasteiger partial charge in [-0.1, -0.05) is 22.0 Å². The second kappa shape index (κ2) is 7.63. The number of amides is 2. The topological polar surface area (TPSA) is 62.3 Å². The number of halogens is 1. The van der Waals surface area contributed by atoms with Crippen LogP contribution in [0.5, 0.6) is 0 Å². The molecule has 1 aliphatic carbocycles. The first-order chi connectivity index (χ1) is 14.5. The van der Waals surface area contributed by atoms with Crippen molar-refractivity contribution in [2.24, 2.45) is 5.92 Å². The SMILES string of the molecule is C[C@@H]1Cc2cc(-c3csc(NC(=O)c4ccc(Br)cc4)n3)ccc2N1C(=O)C1CC1. The van der Waals surface area contributed by atoms with Crippen LogP contribution in [0.1, 0.15) is 35.7 Å². The molecule has 30 heavy (non-hydrogen) atoms. The van der Waals surface area contributed by atoms with Crippen LogP contribution in [0.4, 0.5) is 10.8 Å². The maximum Gasteiger partial charge on any atom is 0.257 e. The van der Waals surface area contributed by atoms with E-state index in [0.29, 0.717) is 10.7 Å². The zero-order chi connectivity index (χ0) is 20.8. The molecule has 2 aliphatic rings. The van der Waals surface area contributed by atoms with Crippen molar-refractivity contribution in [1.29, 1.82) is 0 Å². The summed E-state index contributed by atoms with van der Waals surface area (Å²) in [5.41, 5.74) is 4.63. The molecule has 2 aromatic carbocycles.